The van der Waals surface area contributed by atoms with E-state index in [-0.39, 0.29) is 12.5 Å². The number of nitrogens with two attached hydrogens (primary N) is 1. The Morgan fingerprint density at radius 1 is 0.900 bits per heavy atom. The second-order valence-electron chi connectivity index (χ2n) is 7.53. The highest BCUT2D eigenvalue weighted by molar-refractivity contribution is 6.15. The fourth-order valence-corrected chi connectivity index (χ4v) is 3.50. The first-order chi connectivity index (χ1) is 14.6. The molecule has 3 aromatic rings. The molecule has 156 valence electrons. The van der Waals surface area contributed by atoms with Gasteiger partial charge in [-0.15, -0.1) is 0 Å². The molecule has 0 aliphatic heterocycles. The summed E-state index contributed by atoms with van der Waals surface area (Å²) in [5, 5.41) is 22.5. The van der Waals surface area contributed by atoms with Crippen LogP contribution in [0.2, 0.25) is 0 Å². The fourth-order valence-electron chi connectivity index (χ4n) is 3.50. The summed E-state index contributed by atoms with van der Waals surface area (Å²) >= 11 is 0. The van der Waals surface area contributed by atoms with E-state index in [2.05, 4.69) is 5.32 Å². The summed E-state index contributed by atoms with van der Waals surface area (Å²) in [6, 6.07) is 19.2. The zero-order chi connectivity index (χ0) is 21.3. The van der Waals surface area contributed by atoms with E-state index in [1.165, 1.54) is 0 Å². The Balaban J connectivity index is 1.65. The van der Waals surface area contributed by atoms with Crippen LogP contribution in [-0.4, -0.2) is 23.3 Å². The third-order valence-corrected chi connectivity index (χ3v) is 5.21. The Labute approximate surface area is 177 Å². The lowest BCUT2D eigenvalue weighted by Crippen LogP contribution is -2.13. The second kappa shape index (κ2) is 10.6. The number of benzene rings is 3. The molecule has 0 heterocycles. The van der Waals surface area contributed by atoms with E-state index in [0.29, 0.717) is 29.1 Å². The molecule has 5 heteroatoms. The molecule has 0 saturated carbocycles. The van der Waals surface area contributed by atoms with Gasteiger partial charge in [0.15, 0.2) is 0 Å². The van der Waals surface area contributed by atoms with E-state index in [4.69, 9.17) is 16.2 Å². The maximum Gasteiger partial charge on any atom is 0.224 e. The van der Waals surface area contributed by atoms with Gasteiger partial charge in [0.25, 0.3) is 0 Å². The Hall–Kier alpha value is -3.18. The summed E-state index contributed by atoms with van der Waals surface area (Å²) in [4.78, 5) is 12.2. The number of hydrogen-bond acceptors (Lipinski definition) is 4. The molecule has 0 aromatic heterocycles. The van der Waals surface area contributed by atoms with Gasteiger partial charge in [-0.25, -0.2) is 0 Å². The van der Waals surface area contributed by atoms with E-state index < -0.39 is 0 Å². The third kappa shape index (κ3) is 5.67. The Bertz CT molecular complexity index is 1030. The molecule has 0 bridgehead atoms. The molecule has 0 radical (unpaired) electrons. The number of hydrogen-bond donors (Lipinski definition) is 4. The van der Waals surface area contributed by atoms with Crippen LogP contribution >= 0.6 is 0 Å². The van der Waals surface area contributed by atoms with Crippen LogP contribution < -0.4 is 11.1 Å². The largest absolute Gasteiger partial charge is 0.398 e. The van der Waals surface area contributed by atoms with Crippen molar-refractivity contribution in [1.82, 2.24) is 0 Å². The smallest absolute Gasteiger partial charge is 0.224 e. The maximum absolute atomic E-state index is 12.2. The topological polar surface area (TPSA) is 99.2 Å². The standard InChI is InChI=1S/C25H29N3O2/c26-23-14-13-21(28-24(30)10-4-2-1-3-7-15-29)17-22(23)25(27)20-12-11-18-8-5-6-9-19(18)16-20/h5-6,8-9,11-14,16-17,27,29H,1-4,7,10,15,26H2,(H,28,30). The molecule has 5 N–H and O–H groups in total. The molecule has 0 aliphatic rings. The summed E-state index contributed by atoms with van der Waals surface area (Å²) in [5.41, 5.74) is 9.01. The number of unbranched alkanes of at least 4 members (excludes halogenated alkanes) is 4. The van der Waals surface area contributed by atoms with Crippen molar-refractivity contribution >= 4 is 33.8 Å². The summed E-state index contributed by atoms with van der Waals surface area (Å²) < 4.78 is 0. The molecule has 30 heavy (non-hydrogen) atoms. The highest BCUT2D eigenvalue weighted by Crippen LogP contribution is 2.24. The van der Waals surface area contributed by atoms with Gasteiger partial charge >= 0.3 is 0 Å². The fraction of sp³-hybridized carbons (Fsp3) is 0.280. The van der Waals surface area contributed by atoms with E-state index in [9.17, 15) is 4.79 Å². The molecule has 0 aliphatic carbocycles. The monoisotopic (exact) mass is 403 g/mol. The number of aliphatic hydroxyl groups excluding tert-OH is 1. The van der Waals surface area contributed by atoms with E-state index in [0.717, 1.165) is 48.4 Å². The summed E-state index contributed by atoms with van der Waals surface area (Å²) in [6.07, 6.45) is 5.11. The van der Waals surface area contributed by atoms with Crippen molar-refractivity contribution in [2.24, 2.45) is 0 Å². The highest BCUT2D eigenvalue weighted by atomic mass is 16.2. The quantitative estimate of drug-likeness (QED) is 0.215. The lowest BCUT2D eigenvalue weighted by atomic mass is 9.98. The molecule has 0 spiro atoms. The maximum atomic E-state index is 12.2. The minimum Gasteiger partial charge on any atom is -0.398 e. The zero-order valence-corrected chi connectivity index (χ0v) is 17.2. The lowest BCUT2D eigenvalue weighted by Gasteiger charge is -2.12. The van der Waals surface area contributed by atoms with Crippen LogP contribution in [0.3, 0.4) is 0 Å². The number of anilines is 2. The zero-order valence-electron chi connectivity index (χ0n) is 17.2. The first-order valence-electron chi connectivity index (χ1n) is 10.5. The highest BCUT2D eigenvalue weighted by Gasteiger charge is 2.11. The summed E-state index contributed by atoms with van der Waals surface area (Å²) in [7, 11) is 0. The molecule has 3 rings (SSSR count). The molecule has 3 aromatic carbocycles. The van der Waals surface area contributed by atoms with E-state index >= 15 is 0 Å². The summed E-state index contributed by atoms with van der Waals surface area (Å²) in [5.74, 6) is -0.0369. The predicted octanol–water partition coefficient (Wildman–Crippen LogP) is 5.11. The van der Waals surface area contributed by atoms with Crippen LogP contribution in [0.25, 0.3) is 10.8 Å². The van der Waals surface area contributed by atoms with Crippen molar-refractivity contribution < 1.29 is 9.90 Å². The average Bonchev–Trinajstić information content (AvgIpc) is 2.76. The third-order valence-electron chi connectivity index (χ3n) is 5.21. The van der Waals surface area contributed by atoms with Crippen LogP contribution in [0.4, 0.5) is 11.4 Å². The van der Waals surface area contributed by atoms with Crippen LogP contribution in [0.1, 0.15) is 49.7 Å². The van der Waals surface area contributed by atoms with Crippen molar-refractivity contribution in [3.05, 3.63) is 71.8 Å². The first-order valence-corrected chi connectivity index (χ1v) is 10.5. The van der Waals surface area contributed by atoms with Crippen molar-refractivity contribution in [2.45, 2.75) is 38.5 Å². The van der Waals surface area contributed by atoms with Gasteiger partial charge < -0.3 is 16.2 Å². The molecule has 0 saturated heterocycles. The summed E-state index contributed by atoms with van der Waals surface area (Å²) in [6.45, 7) is 0.230. The average molecular weight is 404 g/mol. The molecule has 0 atom stereocenters. The normalized spacial score (nSPS) is 10.8. The van der Waals surface area contributed by atoms with Gasteiger partial charge in [0.1, 0.15) is 0 Å². The van der Waals surface area contributed by atoms with Crippen LogP contribution in [0, 0.1) is 5.41 Å². The van der Waals surface area contributed by atoms with Crippen molar-refractivity contribution in [3.8, 4) is 0 Å². The Morgan fingerprint density at radius 3 is 2.43 bits per heavy atom. The molecule has 5 nitrogen and oxygen atoms in total. The number of fused-ring (bicyclic) bond motifs is 1. The van der Waals surface area contributed by atoms with Gasteiger partial charge in [-0.3, -0.25) is 10.2 Å². The number of carbonyl (C=O) groups excluding carboxylic acids is 1. The van der Waals surface area contributed by atoms with Crippen molar-refractivity contribution in [1.29, 1.82) is 5.41 Å². The van der Waals surface area contributed by atoms with Crippen LogP contribution in [0.5, 0.6) is 0 Å². The number of rotatable bonds is 10. The second-order valence-corrected chi connectivity index (χ2v) is 7.53. The molecular weight excluding hydrogens is 374 g/mol. The number of aliphatic hydroxyl groups is 1. The van der Waals surface area contributed by atoms with Gasteiger partial charge in [0.05, 0.1) is 5.71 Å². The minimum atomic E-state index is -0.0369. The Kier molecular flexibility index (Phi) is 7.57. The lowest BCUT2D eigenvalue weighted by molar-refractivity contribution is -0.116. The molecule has 0 unspecified atom stereocenters. The van der Waals surface area contributed by atoms with Crippen LogP contribution in [-0.2, 0) is 4.79 Å². The van der Waals surface area contributed by atoms with Gasteiger partial charge in [0.2, 0.25) is 5.91 Å². The molecule has 1 amide bonds. The minimum absolute atomic E-state index is 0.0369. The van der Waals surface area contributed by atoms with E-state index in [1.54, 1.807) is 18.2 Å². The van der Waals surface area contributed by atoms with Gasteiger partial charge in [0, 0.05) is 35.5 Å². The predicted molar refractivity (Wildman–Crippen MR) is 124 cm³/mol. The number of nitrogen functional groups attached to an aromatic ring is 1. The van der Waals surface area contributed by atoms with Crippen molar-refractivity contribution in [2.75, 3.05) is 17.7 Å². The number of carbonyl (C=O) groups is 1. The Morgan fingerprint density at radius 2 is 1.63 bits per heavy atom. The van der Waals surface area contributed by atoms with E-state index in [1.807, 2.05) is 42.5 Å². The number of nitrogens with one attached hydrogen (secondary N) is 2. The first kappa shape index (κ1) is 21.5. The van der Waals surface area contributed by atoms with Crippen LogP contribution in [0.15, 0.2) is 60.7 Å². The SMILES string of the molecule is N=C(c1ccc2ccccc2c1)c1cc(NC(=O)CCCCCCCO)ccc1N. The van der Waals surface area contributed by atoms with Crippen molar-refractivity contribution in [3.63, 3.8) is 0 Å². The van der Waals surface area contributed by atoms with Gasteiger partial charge in [-0.2, -0.15) is 0 Å². The molecule has 0 fully saturated rings. The van der Waals surface area contributed by atoms with Gasteiger partial charge in [-0.1, -0.05) is 55.7 Å². The number of amides is 1. The molecular formula is C25H29N3O2. The van der Waals surface area contributed by atoms with Gasteiger partial charge in [-0.05, 0) is 47.9 Å².